The molecule has 18 heavy (non-hydrogen) atoms. The van der Waals surface area contributed by atoms with Crippen molar-refractivity contribution in [2.24, 2.45) is 11.7 Å². The number of nitrogens with zero attached hydrogens (tertiary/aromatic N) is 2. The molecule has 2 unspecified atom stereocenters. The summed E-state index contributed by atoms with van der Waals surface area (Å²) in [6, 6.07) is 7.24. The van der Waals surface area contributed by atoms with Crippen LogP contribution >= 0.6 is 0 Å². The molecule has 94 valence electrons. The highest BCUT2D eigenvalue weighted by atomic mass is 16.1. The summed E-state index contributed by atoms with van der Waals surface area (Å²) in [6.45, 7) is 0. The highest BCUT2D eigenvalue weighted by Gasteiger charge is 2.29. The Morgan fingerprint density at radius 2 is 2.22 bits per heavy atom. The van der Waals surface area contributed by atoms with Gasteiger partial charge in [0.25, 0.3) is 0 Å². The maximum Gasteiger partial charge on any atom is 0.222 e. The Morgan fingerprint density at radius 1 is 1.44 bits per heavy atom. The monoisotopic (exact) mass is 244 g/mol. The van der Waals surface area contributed by atoms with Crippen LogP contribution in [-0.2, 0) is 4.79 Å². The van der Waals surface area contributed by atoms with E-state index in [1.165, 1.54) is 0 Å². The first-order chi connectivity index (χ1) is 8.70. The minimum Gasteiger partial charge on any atom is -0.369 e. The normalized spacial score (nSPS) is 23.1. The minimum atomic E-state index is -0.261. The molecule has 1 saturated carbocycles. The molecule has 0 spiro atoms. The van der Waals surface area contributed by atoms with Gasteiger partial charge in [-0.25, -0.2) is 4.98 Å². The lowest BCUT2D eigenvalue weighted by molar-refractivity contribution is -0.122. The van der Waals surface area contributed by atoms with Gasteiger partial charge in [0.05, 0.1) is 5.92 Å². The molecule has 1 aliphatic carbocycles. The lowest BCUT2D eigenvalue weighted by Gasteiger charge is -2.30. The summed E-state index contributed by atoms with van der Waals surface area (Å²) in [6.07, 6.45) is 3.86. The largest absolute Gasteiger partial charge is 0.369 e. The number of pyridine rings is 1. The van der Waals surface area contributed by atoms with Crippen LogP contribution in [0.1, 0.15) is 31.4 Å². The molecule has 0 radical (unpaired) electrons. The molecular formula is C13H16N4O. The number of nitrogens with two attached hydrogens (primary N) is 1. The van der Waals surface area contributed by atoms with Gasteiger partial charge in [0.15, 0.2) is 0 Å². The van der Waals surface area contributed by atoms with Crippen LogP contribution in [0.15, 0.2) is 18.2 Å². The number of nitrogens with one attached hydrogen (secondary N) is 1. The van der Waals surface area contributed by atoms with Gasteiger partial charge >= 0.3 is 0 Å². The van der Waals surface area contributed by atoms with Crippen molar-refractivity contribution in [2.45, 2.75) is 31.7 Å². The van der Waals surface area contributed by atoms with E-state index < -0.39 is 0 Å². The highest BCUT2D eigenvalue weighted by molar-refractivity contribution is 5.78. The van der Waals surface area contributed by atoms with Crippen molar-refractivity contribution in [1.29, 1.82) is 5.26 Å². The predicted molar refractivity (Wildman–Crippen MR) is 67.5 cm³/mol. The van der Waals surface area contributed by atoms with Crippen LogP contribution in [0.2, 0.25) is 0 Å². The van der Waals surface area contributed by atoms with E-state index in [1.807, 2.05) is 6.07 Å². The molecule has 0 bridgehead atoms. The Labute approximate surface area is 106 Å². The van der Waals surface area contributed by atoms with Gasteiger partial charge < -0.3 is 11.1 Å². The first kappa shape index (κ1) is 12.4. The van der Waals surface area contributed by atoms with Crippen molar-refractivity contribution < 1.29 is 4.79 Å². The number of aromatic nitrogens is 1. The molecule has 1 fully saturated rings. The van der Waals surface area contributed by atoms with Crippen LogP contribution < -0.4 is 11.1 Å². The van der Waals surface area contributed by atoms with Crippen LogP contribution in [0.5, 0.6) is 0 Å². The fourth-order valence-corrected chi connectivity index (χ4v) is 2.41. The van der Waals surface area contributed by atoms with Gasteiger partial charge in [-0.15, -0.1) is 0 Å². The van der Waals surface area contributed by atoms with Crippen molar-refractivity contribution in [3.63, 3.8) is 0 Å². The molecule has 0 saturated heterocycles. The lowest BCUT2D eigenvalue weighted by Crippen LogP contribution is -2.40. The van der Waals surface area contributed by atoms with Crippen molar-refractivity contribution in [3.8, 4) is 6.07 Å². The van der Waals surface area contributed by atoms with Gasteiger partial charge in [-0.2, -0.15) is 5.26 Å². The summed E-state index contributed by atoms with van der Waals surface area (Å²) in [5.41, 5.74) is 5.78. The number of hydrogen-bond donors (Lipinski definition) is 2. The standard InChI is InChI=1S/C13H16N4O/c14-8-9-4-3-7-12(16-9)17-11-6-2-1-5-10(11)13(15)18/h3-4,7,10-11H,1-2,5-6H2,(H2,15,18)(H,16,17). The summed E-state index contributed by atoms with van der Waals surface area (Å²) < 4.78 is 0. The molecule has 1 amide bonds. The van der Waals surface area contributed by atoms with E-state index in [4.69, 9.17) is 11.0 Å². The minimum absolute atomic E-state index is 0.0256. The molecule has 5 heteroatoms. The smallest absolute Gasteiger partial charge is 0.222 e. The fraction of sp³-hybridized carbons (Fsp3) is 0.462. The zero-order valence-electron chi connectivity index (χ0n) is 10.1. The van der Waals surface area contributed by atoms with Gasteiger partial charge in [-0.05, 0) is 25.0 Å². The number of nitriles is 1. The fourth-order valence-electron chi connectivity index (χ4n) is 2.41. The Balaban J connectivity index is 2.11. The van der Waals surface area contributed by atoms with Crippen LogP contribution in [0.25, 0.3) is 0 Å². The Bertz CT molecular complexity index is 480. The summed E-state index contributed by atoms with van der Waals surface area (Å²) in [4.78, 5) is 15.5. The SMILES string of the molecule is N#Cc1cccc(NC2CCCCC2C(N)=O)n1. The molecule has 1 heterocycles. The van der Waals surface area contributed by atoms with Crippen molar-refractivity contribution in [1.82, 2.24) is 4.98 Å². The van der Waals surface area contributed by atoms with Crippen LogP contribution in [0.3, 0.4) is 0 Å². The third-order valence-corrected chi connectivity index (χ3v) is 3.33. The summed E-state index contributed by atoms with van der Waals surface area (Å²) >= 11 is 0. The number of carbonyl (C=O) groups is 1. The Hall–Kier alpha value is -2.09. The molecular weight excluding hydrogens is 228 g/mol. The Kier molecular flexibility index (Phi) is 3.78. The van der Waals surface area contributed by atoms with Crippen LogP contribution in [0, 0.1) is 17.2 Å². The zero-order chi connectivity index (χ0) is 13.0. The third kappa shape index (κ3) is 2.77. The van der Waals surface area contributed by atoms with E-state index in [0.29, 0.717) is 11.5 Å². The molecule has 5 nitrogen and oxygen atoms in total. The zero-order valence-corrected chi connectivity index (χ0v) is 10.1. The van der Waals surface area contributed by atoms with Crippen LogP contribution in [-0.4, -0.2) is 16.9 Å². The van der Waals surface area contributed by atoms with Gasteiger partial charge in [0.2, 0.25) is 5.91 Å². The van der Waals surface area contributed by atoms with Crippen molar-refractivity contribution in [3.05, 3.63) is 23.9 Å². The molecule has 0 aromatic carbocycles. The van der Waals surface area contributed by atoms with E-state index in [0.717, 1.165) is 25.7 Å². The van der Waals surface area contributed by atoms with Crippen molar-refractivity contribution >= 4 is 11.7 Å². The maximum atomic E-state index is 11.4. The maximum absolute atomic E-state index is 11.4. The predicted octanol–water partition coefficient (Wildman–Crippen LogP) is 1.41. The second kappa shape index (κ2) is 5.50. The second-order valence-electron chi connectivity index (χ2n) is 4.56. The van der Waals surface area contributed by atoms with Crippen molar-refractivity contribution in [2.75, 3.05) is 5.32 Å². The van der Waals surface area contributed by atoms with Crippen LogP contribution in [0.4, 0.5) is 5.82 Å². The number of rotatable bonds is 3. The van der Waals surface area contributed by atoms with E-state index in [9.17, 15) is 4.79 Å². The lowest BCUT2D eigenvalue weighted by atomic mass is 9.84. The molecule has 0 aliphatic heterocycles. The average molecular weight is 244 g/mol. The van der Waals surface area contributed by atoms with E-state index >= 15 is 0 Å². The molecule has 2 atom stereocenters. The van der Waals surface area contributed by atoms with Gasteiger partial charge in [-0.3, -0.25) is 4.79 Å². The van der Waals surface area contributed by atoms with Gasteiger partial charge in [0, 0.05) is 6.04 Å². The van der Waals surface area contributed by atoms with E-state index in [2.05, 4.69) is 10.3 Å². The number of amides is 1. The first-order valence-corrected chi connectivity index (χ1v) is 6.13. The van der Waals surface area contributed by atoms with E-state index in [1.54, 1.807) is 18.2 Å². The topological polar surface area (TPSA) is 91.8 Å². The number of carbonyl (C=O) groups excluding carboxylic acids is 1. The highest BCUT2D eigenvalue weighted by Crippen LogP contribution is 2.26. The molecule has 2 rings (SSSR count). The third-order valence-electron chi connectivity index (χ3n) is 3.33. The number of anilines is 1. The van der Waals surface area contributed by atoms with Gasteiger partial charge in [-0.1, -0.05) is 18.9 Å². The second-order valence-corrected chi connectivity index (χ2v) is 4.56. The molecule has 3 N–H and O–H groups in total. The summed E-state index contributed by atoms with van der Waals surface area (Å²) in [5.74, 6) is 0.224. The summed E-state index contributed by atoms with van der Waals surface area (Å²) in [5, 5.41) is 12.0. The number of hydrogen-bond acceptors (Lipinski definition) is 4. The van der Waals surface area contributed by atoms with Gasteiger partial charge in [0.1, 0.15) is 17.6 Å². The average Bonchev–Trinajstić information content (AvgIpc) is 2.39. The van der Waals surface area contributed by atoms with E-state index in [-0.39, 0.29) is 17.9 Å². The quantitative estimate of drug-likeness (QED) is 0.840. The first-order valence-electron chi connectivity index (χ1n) is 6.13. The molecule has 1 aromatic rings. The number of primary amides is 1. The molecule has 1 aliphatic rings. The molecule has 1 aromatic heterocycles. The summed E-state index contributed by atoms with van der Waals surface area (Å²) in [7, 11) is 0. The Morgan fingerprint density at radius 3 is 2.94 bits per heavy atom.